The van der Waals surface area contributed by atoms with Crippen molar-refractivity contribution in [1.29, 1.82) is 0 Å². The average Bonchev–Trinajstić information content (AvgIpc) is 2.73. The van der Waals surface area contributed by atoms with Crippen LogP contribution in [0.25, 0.3) is 0 Å². The zero-order chi connectivity index (χ0) is 25.6. The molecule has 11 N–H and O–H groups in total. The van der Waals surface area contributed by atoms with Crippen molar-refractivity contribution in [3.63, 3.8) is 0 Å². The first-order chi connectivity index (χ1) is 15.5. The normalized spacial score (nSPS) is 15.8. The molecule has 0 bridgehead atoms. The quantitative estimate of drug-likeness (QED) is 0.111. The molecule has 5 atom stereocenters. The molecule has 192 valence electrons. The summed E-state index contributed by atoms with van der Waals surface area (Å²) in [5.74, 6) is -3.69. The molecule has 0 saturated heterocycles. The van der Waals surface area contributed by atoms with Gasteiger partial charge in [-0.25, -0.2) is 4.79 Å². The van der Waals surface area contributed by atoms with Crippen LogP contribution in [0.15, 0.2) is 0 Å². The van der Waals surface area contributed by atoms with Gasteiger partial charge in [-0.05, 0) is 58.0 Å². The molecule has 0 rings (SSSR count). The largest absolute Gasteiger partial charge is 0.480 e. The second-order valence-corrected chi connectivity index (χ2v) is 8.53. The molecule has 0 saturated carbocycles. The third-order valence-electron chi connectivity index (χ3n) is 5.18. The maximum atomic E-state index is 12.9. The van der Waals surface area contributed by atoms with Crippen LogP contribution in [0.2, 0.25) is 0 Å². The van der Waals surface area contributed by atoms with E-state index in [4.69, 9.17) is 17.2 Å². The molecule has 0 aliphatic heterocycles. The highest BCUT2D eigenvalue weighted by Gasteiger charge is 2.33. The third-order valence-corrected chi connectivity index (χ3v) is 5.18. The molecule has 0 radical (unpaired) electrons. The molecule has 0 heterocycles. The van der Waals surface area contributed by atoms with E-state index in [-0.39, 0.29) is 6.42 Å². The summed E-state index contributed by atoms with van der Waals surface area (Å²) >= 11 is 0. The number of aliphatic hydroxyl groups excluding tert-OH is 1. The predicted octanol–water partition coefficient (Wildman–Crippen LogP) is -1.85. The lowest BCUT2D eigenvalue weighted by Crippen LogP contribution is -2.60. The molecule has 0 spiro atoms. The van der Waals surface area contributed by atoms with E-state index in [1.54, 1.807) is 13.8 Å². The molecule has 3 amide bonds. The first-order valence-corrected chi connectivity index (χ1v) is 11.4. The molecule has 5 unspecified atom stereocenters. The molecule has 0 aromatic heterocycles. The van der Waals surface area contributed by atoms with Crippen LogP contribution in [0.4, 0.5) is 0 Å². The smallest absolute Gasteiger partial charge is 0.326 e. The highest BCUT2D eigenvalue weighted by Crippen LogP contribution is 2.07. The monoisotopic (exact) mass is 474 g/mol. The minimum absolute atomic E-state index is 0.252. The summed E-state index contributed by atoms with van der Waals surface area (Å²) in [5, 5.41) is 26.7. The molecule has 0 aliphatic carbocycles. The van der Waals surface area contributed by atoms with Crippen LogP contribution in [-0.4, -0.2) is 77.3 Å². The number of hydrogen-bond donors (Lipinski definition) is 8. The maximum Gasteiger partial charge on any atom is 0.326 e. The summed E-state index contributed by atoms with van der Waals surface area (Å²) in [5.41, 5.74) is 16.9. The SMILES string of the molecule is CC(C)C(NC(=O)C(NC(=O)C(CCCCN)NC(=O)C(N)CCCCN)C(C)O)C(=O)O. The summed E-state index contributed by atoms with van der Waals surface area (Å²) in [4.78, 5) is 49.4. The lowest BCUT2D eigenvalue weighted by atomic mass is 10.0. The molecule has 0 aromatic carbocycles. The first kappa shape index (κ1) is 30.7. The van der Waals surface area contributed by atoms with Crippen LogP contribution < -0.4 is 33.2 Å². The zero-order valence-corrected chi connectivity index (χ0v) is 19.9. The van der Waals surface area contributed by atoms with Gasteiger partial charge in [0.25, 0.3) is 0 Å². The van der Waals surface area contributed by atoms with E-state index in [0.717, 1.165) is 6.42 Å². The number of aliphatic carboxylic acids is 1. The molecule has 12 nitrogen and oxygen atoms in total. The first-order valence-electron chi connectivity index (χ1n) is 11.4. The number of nitrogens with two attached hydrogens (primary N) is 3. The van der Waals surface area contributed by atoms with Crippen molar-refractivity contribution in [3.8, 4) is 0 Å². The molecule has 12 heteroatoms. The van der Waals surface area contributed by atoms with Crippen molar-refractivity contribution < 1.29 is 29.4 Å². The van der Waals surface area contributed by atoms with Gasteiger partial charge in [0.05, 0.1) is 12.1 Å². The van der Waals surface area contributed by atoms with E-state index in [9.17, 15) is 29.4 Å². The Kier molecular flexibility index (Phi) is 15.2. The van der Waals surface area contributed by atoms with Gasteiger partial charge in [-0.1, -0.05) is 20.3 Å². The summed E-state index contributed by atoms with van der Waals surface area (Å²) in [6.45, 7) is 5.43. The van der Waals surface area contributed by atoms with Crippen molar-refractivity contribution in [2.45, 2.75) is 89.6 Å². The molecule has 0 aliphatic rings. The second-order valence-electron chi connectivity index (χ2n) is 8.53. The Morgan fingerprint density at radius 1 is 0.758 bits per heavy atom. The van der Waals surface area contributed by atoms with Crippen molar-refractivity contribution in [3.05, 3.63) is 0 Å². The Labute approximate surface area is 195 Å². The minimum Gasteiger partial charge on any atom is -0.480 e. The molecule has 0 aromatic rings. The van der Waals surface area contributed by atoms with E-state index >= 15 is 0 Å². The maximum absolute atomic E-state index is 12.9. The minimum atomic E-state index is -1.41. The third kappa shape index (κ3) is 11.9. The van der Waals surface area contributed by atoms with E-state index in [1.807, 2.05) is 0 Å². The Morgan fingerprint density at radius 3 is 1.73 bits per heavy atom. The van der Waals surface area contributed by atoms with Gasteiger partial charge in [0.15, 0.2) is 0 Å². The fourth-order valence-corrected chi connectivity index (χ4v) is 3.10. The van der Waals surface area contributed by atoms with Crippen molar-refractivity contribution in [2.24, 2.45) is 23.1 Å². The molecule has 0 fully saturated rings. The highest BCUT2D eigenvalue weighted by molar-refractivity contribution is 5.94. The van der Waals surface area contributed by atoms with Crippen molar-refractivity contribution >= 4 is 23.7 Å². The number of carbonyl (C=O) groups excluding carboxylic acids is 3. The highest BCUT2D eigenvalue weighted by atomic mass is 16.4. The Balaban J connectivity index is 5.34. The number of nitrogens with one attached hydrogen (secondary N) is 3. The van der Waals surface area contributed by atoms with Crippen LogP contribution >= 0.6 is 0 Å². The summed E-state index contributed by atoms with van der Waals surface area (Å²) in [6.07, 6.45) is 1.90. The van der Waals surface area contributed by atoms with Gasteiger partial charge >= 0.3 is 5.97 Å². The van der Waals surface area contributed by atoms with Crippen molar-refractivity contribution in [2.75, 3.05) is 13.1 Å². The predicted molar refractivity (Wildman–Crippen MR) is 124 cm³/mol. The molecular weight excluding hydrogens is 432 g/mol. The van der Waals surface area contributed by atoms with Gasteiger partial charge in [-0.2, -0.15) is 0 Å². The van der Waals surface area contributed by atoms with Gasteiger partial charge in [0.2, 0.25) is 17.7 Å². The van der Waals surface area contributed by atoms with Crippen LogP contribution in [0.3, 0.4) is 0 Å². The number of aliphatic hydroxyl groups is 1. The fourth-order valence-electron chi connectivity index (χ4n) is 3.10. The van der Waals surface area contributed by atoms with Gasteiger partial charge in [0, 0.05) is 0 Å². The Morgan fingerprint density at radius 2 is 1.27 bits per heavy atom. The topological polar surface area (TPSA) is 223 Å². The Bertz CT molecular complexity index is 630. The van der Waals surface area contributed by atoms with Gasteiger partial charge in [-0.3, -0.25) is 14.4 Å². The van der Waals surface area contributed by atoms with E-state index < -0.39 is 59.9 Å². The zero-order valence-electron chi connectivity index (χ0n) is 19.9. The number of carboxylic acid groups (broad SMARTS) is 1. The van der Waals surface area contributed by atoms with Crippen LogP contribution in [-0.2, 0) is 19.2 Å². The lowest BCUT2D eigenvalue weighted by molar-refractivity contribution is -0.144. The Hall–Kier alpha value is -2.28. The summed E-state index contributed by atoms with van der Waals surface area (Å²) in [7, 11) is 0. The fraction of sp³-hybridized carbons (Fsp3) is 0.810. The van der Waals surface area contributed by atoms with E-state index in [2.05, 4.69) is 16.0 Å². The summed E-state index contributed by atoms with van der Waals surface area (Å²) < 4.78 is 0. The number of carbonyl (C=O) groups is 4. The lowest BCUT2D eigenvalue weighted by Gasteiger charge is -2.27. The standard InChI is InChI=1S/C21H42N6O6/c1-12(2)16(21(32)33)26-20(31)17(13(3)28)27-19(30)15(9-5-7-11-23)25-18(29)14(24)8-4-6-10-22/h12-17,28H,4-11,22-24H2,1-3H3,(H,25,29)(H,26,31)(H,27,30)(H,32,33). The van der Waals surface area contributed by atoms with Gasteiger partial charge in [0.1, 0.15) is 18.1 Å². The second kappa shape index (κ2) is 16.4. The van der Waals surface area contributed by atoms with Crippen LogP contribution in [0.1, 0.15) is 59.3 Å². The van der Waals surface area contributed by atoms with E-state index in [0.29, 0.717) is 38.8 Å². The summed E-state index contributed by atoms with van der Waals surface area (Å²) in [6, 6.07) is -4.42. The van der Waals surface area contributed by atoms with Gasteiger partial charge < -0.3 is 43.4 Å². The number of amides is 3. The van der Waals surface area contributed by atoms with Gasteiger partial charge in [-0.15, -0.1) is 0 Å². The number of unbranched alkanes of at least 4 members (excludes halogenated alkanes) is 2. The molecule has 33 heavy (non-hydrogen) atoms. The number of rotatable bonds is 17. The van der Waals surface area contributed by atoms with Crippen LogP contribution in [0, 0.1) is 5.92 Å². The number of carboxylic acids is 1. The van der Waals surface area contributed by atoms with E-state index in [1.165, 1.54) is 6.92 Å². The van der Waals surface area contributed by atoms with Crippen molar-refractivity contribution in [1.82, 2.24) is 16.0 Å². The average molecular weight is 475 g/mol. The molecular formula is C21H42N6O6. The van der Waals surface area contributed by atoms with Crippen LogP contribution in [0.5, 0.6) is 0 Å². The number of hydrogen-bond acceptors (Lipinski definition) is 8.